The quantitative estimate of drug-likeness (QED) is 0.876. The zero-order valence-corrected chi connectivity index (χ0v) is 11.9. The van der Waals surface area contributed by atoms with Crippen molar-refractivity contribution in [2.75, 3.05) is 23.8 Å². The first-order valence-electron chi connectivity index (χ1n) is 6.78. The molecule has 5 nitrogen and oxygen atoms in total. The van der Waals surface area contributed by atoms with E-state index in [1.54, 1.807) is 6.07 Å². The van der Waals surface area contributed by atoms with Gasteiger partial charge in [-0.25, -0.2) is 9.97 Å². The Labute approximate surface area is 119 Å². The molecule has 20 heavy (non-hydrogen) atoms. The van der Waals surface area contributed by atoms with Crippen molar-refractivity contribution in [2.45, 2.75) is 20.5 Å². The summed E-state index contributed by atoms with van der Waals surface area (Å²) in [7, 11) is 0. The van der Waals surface area contributed by atoms with E-state index in [1.807, 2.05) is 37.3 Å². The van der Waals surface area contributed by atoms with Crippen molar-refractivity contribution in [3.8, 4) is 0 Å². The molecule has 0 aliphatic rings. The fourth-order valence-corrected chi connectivity index (χ4v) is 1.98. The number of benzene rings is 1. The lowest BCUT2D eigenvalue weighted by Crippen LogP contribution is -2.19. The standard InChI is InChI=1S/C15H20N4O/c1-3-19(12-8-6-5-7-9-12)15-10-13(16)17-14(18-15)11-20-4-2/h5-10H,3-4,11H2,1-2H3,(H2,16,17,18). The Morgan fingerprint density at radius 1 is 1.15 bits per heavy atom. The summed E-state index contributed by atoms with van der Waals surface area (Å²) in [5.41, 5.74) is 6.95. The highest BCUT2D eigenvalue weighted by Gasteiger charge is 2.11. The zero-order chi connectivity index (χ0) is 14.4. The monoisotopic (exact) mass is 272 g/mol. The van der Waals surface area contributed by atoms with Crippen LogP contribution in [0, 0.1) is 0 Å². The highest BCUT2D eigenvalue weighted by atomic mass is 16.5. The summed E-state index contributed by atoms with van der Waals surface area (Å²) in [5, 5.41) is 0. The maximum Gasteiger partial charge on any atom is 0.158 e. The van der Waals surface area contributed by atoms with Gasteiger partial charge in [0.25, 0.3) is 0 Å². The van der Waals surface area contributed by atoms with Crippen molar-refractivity contribution >= 4 is 17.3 Å². The van der Waals surface area contributed by atoms with Crippen LogP contribution in [0.5, 0.6) is 0 Å². The summed E-state index contributed by atoms with van der Waals surface area (Å²) in [6.45, 7) is 5.82. The largest absolute Gasteiger partial charge is 0.384 e. The van der Waals surface area contributed by atoms with Gasteiger partial charge in [0.1, 0.15) is 18.2 Å². The van der Waals surface area contributed by atoms with Crippen LogP contribution < -0.4 is 10.6 Å². The topological polar surface area (TPSA) is 64.3 Å². The average Bonchev–Trinajstić information content (AvgIpc) is 2.46. The second-order valence-electron chi connectivity index (χ2n) is 4.28. The van der Waals surface area contributed by atoms with Crippen LogP contribution in [0.1, 0.15) is 19.7 Å². The molecule has 2 rings (SSSR count). The minimum Gasteiger partial charge on any atom is -0.384 e. The van der Waals surface area contributed by atoms with Crippen LogP contribution in [0.15, 0.2) is 36.4 Å². The number of rotatable bonds is 6. The van der Waals surface area contributed by atoms with E-state index in [2.05, 4.69) is 21.8 Å². The molecule has 2 N–H and O–H groups in total. The minimum atomic E-state index is 0.376. The van der Waals surface area contributed by atoms with E-state index in [9.17, 15) is 0 Å². The number of nitrogens with zero attached hydrogens (tertiary/aromatic N) is 3. The highest BCUT2D eigenvalue weighted by Crippen LogP contribution is 2.24. The van der Waals surface area contributed by atoms with Gasteiger partial charge in [-0.3, -0.25) is 0 Å². The Kier molecular flexibility index (Phi) is 4.90. The summed E-state index contributed by atoms with van der Waals surface area (Å²) in [5.74, 6) is 1.86. The first-order valence-corrected chi connectivity index (χ1v) is 6.78. The molecule has 1 aromatic carbocycles. The van der Waals surface area contributed by atoms with Crippen molar-refractivity contribution in [3.63, 3.8) is 0 Å². The molecule has 0 fully saturated rings. The number of nitrogen functional groups attached to an aromatic ring is 1. The lowest BCUT2D eigenvalue weighted by atomic mass is 10.3. The molecule has 0 aliphatic heterocycles. The second kappa shape index (κ2) is 6.86. The molecule has 0 amide bonds. The zero-order valence-electron chi connectivity index (χ0n) is 11.9. The van der Waals surface area contributed by atoms with Gasteiger partial charge in [-0.15, -0.1) is 0 Å². The van der Waals surface area contributed by atoms with E-state index in [-0.39, 0.29) is 0 Å². The number of hydrogen-bond acceptors (Lipinski definition) is 5. The summed E-state index contributed by atoms with van der Waals surface area (Å²) in [4.78, 5) is 10.8. The summed E-state index contributed by atoms with van der Waals surface area (Å²) >= 11 is 0. The molecule has 0 saturated carbocycles. The van der Waals surface area contributed by atoms with Crippen LogP contribution in [-0.4, -0.2) is 23.1 Å². The first-order chi connectivity index (χ1) is 9.74. The Bertz CT molecular complexity index is 545. The molecule has 0 aliphatic carbocycles. The summed E-state index contributed by atoms with van der Waals surface area (Å²) in [6.07, 6.45) is 0. The van der Waals surface area contributed by atoms with Gasteiger partial charge < -0.3 is 15.4 Å². The minimum absolute atomic E-state index is 0.376. The third-order valence-electron chi connectivity index (χ3n) is 2.87. The van der Waals surface area contributed by atoms with E-state index in [4.69, 9.17) is 10.5 Å². The SMILES string of the molecule is CCOCc1nc(N)cc(N(CC)c2ccccc2)n1. The van der Waals surface area contributed by atoms with Crippen molar-refractivity contribution in [2.24, 2.45) is 0 Å². The van der Waals surface area contributed by atoms with E-state index in [0.717, 1.165) is 18.1 Å². The highest BCUT2D eigenvalue weighted by molar-refractivity contribution is 5.61. The van der Waals surface area contributed by atoms with Gasteiger partial charge in [0.2, 0.25) is 0 Å². The third-order valence-corrected chi connectivity index (χ3v) is 2.87. The van der Waals surface area contributed by atoms with Gasteiger partial charge in [-0.2, -0.15) is 0 Å². The number of para-hydroxylation sites is 1. The molecule has 1 aromatic heterocycles. The summed E-state index contributed by atoms with van der Waals surface area (Å²) < 4.78 is 5.35. The molecule has 0 atom stereocenters. The first kappa shape index (κ1) is 14.3. The molecule has 0 unspecified atom stereocenters. The van der Waals surface area contributed by atoms with Gasteiger partial charge in [0, 0.05) is 24.9 Å². The molecule has 0 spiro atoms. The third kappa shape index (κ3) is 3.45. The molecule has 0 saturated heterocycles. The lowest BCUT2D eigenvalue weighted by Gasteiger charge is -2.22. The van der Waals surface area contributed by atoms with Gasteiger partial charge in [-0.1, -0.05) is 18.2 Å². The maximum absolute atomic E-state index is 5.87. The Hall–Kier alpha value is -2.14. The average molecular weight is 272 g/mol. The van der Waals surface area contributed by atoms with Crippen molar-refractivity contribution in [3.05, 3.63) is 42.2 Å². The Morgan fingerprint density at radius 2 is 1.90 bits per heavy atom. The van der Waals surface area contributed by atoms with Crippen LogP contribution in [0.3, 0.4) is 0 Å². The number of ether oxygens (including phenoxy) is 1. The van der Waals surface area contributed by atoms with Crippen LogP contribution in [-0.2, 0) is 11.3 Å². The molecule has 1 heterocycles. The lowest BCUT2D eigenvalue weighted by molar-refractivity contribution is 0.128. The summed E-state index contributed by atoms with van der Waals surface area (Å²) in [6, 6.07) is 11.9. The van der Waals surface area contributed by atoms with Gasteiger partial charge in [0.05, 0.1) is 0 Å². The molecular formula is C15H20N4O. The molecular weight excluding hydrogens is 252 g/mol. The van der Waals surface area contributed by atoms with Crippen LogP contribution in [0.4, 0.5) is 17.3 Å². The van der Waals surface area contributed by atoms with Gasteiger partial charge in [0.15, 0.2) is 5.82 Å². The number of hydrogen-bond donors (Lipinski definition) is 1. The van der Waals surface area contributed by atoms with Crippen molar-refractivity contribution < 1.29 is 4.74 Å². The number of aromatic nitrogens is 2. The van der Waals surface area contributed by atoms with E-state index < -0.39 is 0 Å². The van der Waals surface area contributed by atoms with Crippen LogP contribution >= 0.6 is 0 Å². The van der Waals surface area contributed by atoms with Crippen molar-refractivity contribution in [1.29, 1.82) is 0 Å². The van der Waals surface area contributed by atoms with E-state index >= 15 is 0 Å². The van der Waals surface area contributed by atoms with E-state index in [1.165, 1.54) is 0 Å². The maximum atomic E-state index is 5.87. The fourth-order valence-electron chi connectivity index (χ4n) is 1.98. The second-order valence-corrected chi connectivity index (χ2v) is 4.28. The fraction of sp³-hybridized carbons (Fsp3) is 0.333. The Balaban J connectivity index is 2.32. The van der Waals surface area contributed by atoms with Gasteiger partial charge >= 0.3 is 0 Å². The number of anilines is 3. The van der Waals surface area contributed by atoms with Crippen molar-refractivity contribution in [1.82, 2.24) is 9.97 Å². The number of nitrogens with two attached hydrogens (primary N) is 1. The van der Waals surface area contributed by atoms with Gasteiger partial charge in [-0.05, 0) is 26.0 Å². The molecule has 0 bridgehead atoms. The van der Waals surface area contributed by atoms with E-state index in [0.29, 0.717) is 24.9 Å². The van der Waals surface area contributed by atoms with Crippen LogP contribution in [0.25, 0.3) is 0 Å². The predicted octanol–water partition coefficient (Wildman–Crippen LogP) is 2.75. The molecule has 5 heteroatoms. The normalized spacial score (nSPS) is 10.5. The molecule has 2 aromatic rings. The Morgan fingerprint density at radius 3 is 2.55 bits per heavy atom. The predicted molar refractivity (Wildman–Crippen MR) is 80.9 cm³/mol. The van der Waals surface area contributed by atoms with Crippen LogP contribution in [0.2, 0.25) is 0 Å². The smallest absolute Gasteiger partial charge is 0.158 e. The molecule has 0 radical (unpaired) electrons. The molecule has 106 valence electrons.